The third-order valence-electron chi connectivity index (χ3n) is 6.07. The highest BCUT2D eigenvalue weighted by molar-refractivity contribution is 6.01. The van der Waals surface area contributed by atoms with Gasteiger partial charge in [0.25, 0.3) is 5.91 Å². The molecule has 1 aromatic heterocycles. The number of methoxy groups -OCH3 is 1. The van der Waals surface area contributed by atoms with Crippen molar-refractivity contribution in [1.82, 2.24) is 9.88 Å². The standard InChI is InChI=1S/C24H27FN2O2/c1-16-20-14-19(29-2)11-12-22(20)26-23(16)24(28)27-13-5-6-17(15-27)9-10-18-7-3-4-8-21(18)25/h3-4,7-8,11-12,14,17,26H,5-6,9-10,13,15H2,1-2H3/t17-/m1/s1. The molecule has 0 spiro atoms. The van der Waals surface area contributed by atoms with Crippen LogP contribution >= 0.6 is 0 Å². The van der Waals surface area contributed by atoms with Crippen molar-refractivity contribution in [2.45, 2.75) is 32.6 Å². The van der Waals surface area contributed by atoms with E-state index in [1.54, 1.807) is 13.2 Å². The fourth-order valence-corrected chi connectivity index (χ4v) is 4.35. The Balaban J connectivity index is 1.47. The summed E-state index contributed by atoms with van der Waals surface area (Å²) in [6, 6.07) is 12.8. The fraction of sp³-hybridized carbons (Fsp3) is 0.375. The van der Waals surface area contributed by atoms with Crippen molar-refractivity contribution < 1.29 is 13.9 Å². The van der Waals surface area contributed by atoms with Gasteiger partial charge in [-0.05, 0) is 73.9 Å². The van der Waals surface area contributed by atoms with E-state index < -0.39 is 0 Å². The molecule has 0 aliphatic carbocycles. The summed E-state index contributed by atoms with van der Waals surface area (Å²) in [5.74, 6) is 1.09. The van der Waals surface area contributed by atoms with E-state index in [2.05, 4.69) is 4.98 Å². The Morgan fingerprint density at radius 2 is 2.10 bits per heavy atom. The summed E-state index contributed by atoms with van der Waals surface area (Å²) in [6.07, 6.45) is 3.68. The van der Waals surface area contributed by atoms with Crippen molar-refractivity contribution in [3.63, 3.8) is 0 Å². The third kappa shape index (κ3) is 4.00. The van der Waals surface area contributed by atoms with Crippen LogP contribution in [0.5, 0.6) is 5.75 Å². The highest BCUT2D eigenvalue weighted by atomic mass is 19.1. The van der Waals surface area contributed by atoms with Crippen molar-refractivity contribution in [2.24, 2.45) is 5.92 Å². The van der Waals surface area contributed by atoms with Crippen LogP contribution in [-0.2, 0) is 6.42 Å². The largest absolute Gasteiger partial charge is 0.497 e. The SMILES string of the molecule is COc1ccc2[nH]c(C(=O)N3CCC[C@H](CCc4ccccc4F)C3)c(C)c2c1. The molecule has 1 saturated heterocycles. The number of likely N-dealkylation sites (tertiary alicyclic amines) is 1. The first-order valence-electron chi connectivity index (χ1n) is 10.3. The Hall–Kier alpha value is -2.82. The number of hydrogen-bond donors (Lipinski definition) is 1. The molecule has 3 aromatic rings. The Labute approximate surface area is 170 Å². The average molecular weight is 394 g/mol. The second-order valence-electron chi connectivity index (χ2n) is 7.93. The molecule has 152 valence electrons. The lowest BCUT2D eigenvalue weighted by Gasteiger charge is -2.33. The summed E-state index contributed by atoms with van der Waals surface area (Å²) in [4.78, 5) is 18.5. The molecular weight excluding hydrogens is 367 g/mol. The van der Waals surface area contributed by atoms with E-state index in [0.29, 0.717) is 18.0 Å². The van der Waals surface area contributed by atoms with Crippen molar-refractivity contribution in [3.05, 3.63) is 65.1 Å². The molecule has 1 atom stereocenters. The highest BCUT2D eigenvalue weighted by Crippen LogP contribution is 2.29. The molecule has 2 aromatic carbocycles. The second kappa shape index (κ2) is 8.27. The number of halogens is 1. The van der Waals surface area contributed by atoms with Crippen LogP contribution in [0.4, 0.5) is 4.39 Å². The number of ether oxygens (including phenoxy) is 1. The Bertz CT molecular complexity index is 1030. The number of fused-ring (bicyclic) bond motifs is 1. The van der Waals surface area contributed by atoms with Gasteiger partial charge in [-0.15, -0.1) is 0 Å². The molecule has 5 heteroatoms. The highest BCUT2D eigenvalue weighted by Gasteiger charge is 2.27. The maximum Gasteiger partial charge on any atom is 0.270 e. The lowest BCUT2D eigenvalue weighted by Crippen LogP contribution is -2.40. The number of benzene rings is 2. The number of nitrogens with zero attached hydrogens (tertiary/aromatic N) is 1. The van der Waals surface area contributed by atoms with Gasteiger partial charge in [0, 0.05) is 24.0 Å². The molecule has 2 heterocycles. The van der Waals surface area contributed by atoms with Crippen LogP contribution in [0.2, 0.25) is 0 Å². The normalized spacial score (nSPS) is 16.9. The van der Waals surface area contributed by atoms with Gasteiger partial charge in [0.2, 0.25) is 0 Å². The molecule has 4 rings (SSSR count). The molecule has 0 unspecified atom stereocenters. The lowest BCUT2D eigenvalue weighted by atomic mass is 9.91. The first-order chi connectivity index (χ1) is 14.1. The van der Waals surface area contributed by atoms with E-state index in [4.69, 9.17) is 4.74 Å². The molecule has 1 fully saturated rings. The maximum atomic E-state index is 13.9. The van der Waals surface area contributed by atoms with Crippen LogP contribution in [0.1, 0.15) is 40.9 Å². The van der Waals surface area contributed by atoms with Crippen LogP contribution in [0.15, 0.2) is 42.5 Å². The van der Waals surface area contributed by atoms with E-state index in [9.17, 15) is 9.18 Å². The van der Waals surface area contributed by atoms with E-state index in [1.165, 1.54) is 6.07 Å². The summed E-state index contributed by atoms with van der Waals surface area (Å²) < 4.78 is 19.2. The molecule has 29 heavy (non-hydrogen) atoms. The number of amides is 1. The summed E-state index contributed by atoms with van der Waals surface area (Å²) >= 11 is 0. The zero-order chi connectivity index (χ0) is 20.4. The minimum absolute atomic E-state index is 0.0493. The Morgan fingerprint density at radius 1 is 1.28 bits per heavy atom. The van der Waals surface area contributed by atoms with Crippen molar-refractivity contribution >= 4 is 16.8 Å². The number of aryl methyl sites for hydroxylation is 2. The van der Waals surface area contributed by atoms with Gasteiger partial charge in [-0.1, -0.05) is 18.2 Å². The smallest absolute Gasteiger partial charge is 0.270 e. The van der Waals surface area contributed by atoms with E-state index in [-0.39, 0.29) is 11.7 Å². The van der Waals surface area contributed by atoms with Gasteiger partial charge in [0.05, 0.1) is 7.11 Å². The third-order valence-corrected chi connectivity index (χ3v) is 6.07. The van der Waals surface area contributed by atoms with Crippen molar-refractivity contribution in [2.75, 3.05) is 20.2 Å². The first kappa shape index (κ1) is 19.5. The van der Waals surface area contributed by atoms with Crippen LogP contribution < -0.4 is 4.74 Å². The van der Waals surface area contributed by atoms with E-state index in [0.717, 1.165) is 60.1 Å². The van der Waals surface area contributed by atoms with Crippen LogP contribution in [0.3, 0.4) is 0 Å². The lowest BCUT2D eigenvalue weighted by molar-refractivity contribution is 0.0662. The molecule has 1 aliphatic heterocycles. The van der Waals surface area contributed by atoms with Gasteiger partial charge >= 0.3 is 0 Å². The van der Waals surface area contributed by atoms with Gasteiger partial charge < -0.3 is 14.6 Å². The van der Waals surface area contributed by atoms with Gasteiger partial charge in [-0.3, -0.25) is 4.79 Å². The topological polar surface area (TPSA) is 45.3 Å². The molecule has 0 bridgehead atoms. The number of H-pyrrole nitrogens is 1. The number of piperidine rings is 1. The first-order valence-corrected chi connectivity index (χ1v) is 10.3. The van der Waals surface area contributed by atoms with Crippen molar-refractivity contribution in [1.29, 1.82) is 0 Å². The van der Waals surface area contributed by atoms with Gasteiger partial charge in [-0.25, -0.2) is 4.39 Å². The number of nitrogens with one attached hydrogen (secondary N) is 1. The maximum absolute atomic E-state index is 13.9. The Kier molecular flexibility index (Phi) is 5.56. The number of aromatic nitrogens is 1. The number of rotatable bonds is 5. The molecule has 4 nitrogen and oxygen atoms in total. The predicted molar refractivity (Wildman–Crippen MR) is 113 cm³/mol. The van der Waals surface area contributed by atoms with E-state index in [1.807, 2.05) is 42.2 Å². The summed E-state index contributed by atoms with van der Waals surface area (Å²) in [6.45, 7) is 3.48. The monoisotopic (exact) mass is 394 g/mol. The van der Waals surface area contributed by atoms with E-state index >= 15 is 0 Å². The number of hydrogen-bond acceptors (Lipinski definition) is 2. The zero-order valence-corrected chi connectivity index (χ0v) is 17.0. The summed E-state index contributed by atoms with van der Waals surface area (Å²) in [7, 11) is 1.64. The van der Waals surface area contributed by atoms with Crippen molar-refractivity contribution in [3.8, 4) is 5.75 Å². The molecule has 1 aliphatic rings. The number of carbonyl (C=O) groups excluding carboxylic acids is 1. The zero-order valence-electron chi connectivity index (χ0n) is 17.0. The average Bonchev–Trinajstić information content (AvgIpc) is 3.08. The Morgan fingerprint density at radius 3 is 2.90 bits per heavy atom. The van der Waals surface area contributed by atoms with Crippen LogP contribution in [-0.4, -0.2) is 36.0 Å². The quantitative estimate of drug-likeness (QED) is 0.654. The molecule has 0 saturated carbocycles. The fourth-order valence-electron chi connectivity index (χ4n) is 4.35. The molecule has 1 N–H and O–H groups in total. The molecular formula is C24H27FN2O2. The predicted octanol–water partition coefficient (Wildman–Crippen LogP) is 5.11. The van der Waals surface area contributed by atoms with Crippen LogP contribution in [0, 0.1) is 18.7 Å². The number of carbonyl (C=O) groups is 1. The number of aromatic amines is 1. The summed E-state index contributed by atoms with van der Waals surface area (Å²) in [5.41, 5.74) is 3.32. The van der Waals surface area contributed by atoms with Gasteiger partial charge in [-0.2, -0.15) is 0 Å². The second-order valence-corrected chi connectivity index (χ2v) is 7.93. The van der Waals surface area contributed by atoms with Crippen LogP contribution in [0.25, 0.3) is 10.9 Å². The summed E-state index contributed by atoms with van der Waals surface area (Å²) in [5, 5.41) is 1.01. The minimum Gasteiger partial charge on any atom is -0.497 e. The molecule has 0 radical (unpaired) electrons. The van der Waals surface area contributed by atoms with Gasteiger partial charge in [0.1, 0.15) is 17.3 Å². The van der Waals surface area contributed by atoms with Gasteiger partial charge in [0.15, 0.2) is 0 Å². The minimum atomic E-state index is -0.139. The molecule has 1 amide bonds.